The number of amides is 1. The molecule has 2 heterocycles. The molecule has 1 aromatic carbocycles. The third kappa shape index (κ3) is 2.89. The number of fused-ring (bicyclic) bond motifs is 1. The van der Waals surface area contributed by atoms with E-state index in [2.05, 4.69) is 10.3 Å². The van der Waals surface area contributed by atoms with Crippen LogP contribution in [-0.4, -0.2) is 20.8 Å². The Morgan fingerprint density at radius 1 is 1.26 bits per heavy atom. The molecule has 23 heavy (non-hydrogen) atoms. The standard InChI is InChI=1S/C16H12FN3O3/c17-12-5-3-10(4-6-12)9-19-15(21)13-8-11-2-1-7-18-14(11)20(23)16(13)22/h1-8,23H,9H2,(H,19,21). The molecule has 0 bridgehead atoms. The number of benzene rings is 1. The number of hydrogen-bond acceptors (Lipinski definition) is 4. The fourth-order valence-corrected chi connectivity index (χ4v) is 2.17. The second kappa shape index (κ2) is 5.88. The smallest absolute Gasteiger partial charge is 0.297 e. The maximum Gasteiger partial charge on any atom is 0.297 e. The molecule has 2 aromatic heterocycles. The lowest BCUT2D eigenvalue weighted by atomic mass is 10.2. The van der Waals surface area contributed by atoms with Gasteiger partial charge < -0.3 is 10.5 Å². The van der Waals surface area contributed by atoms with Crippen molar-refractivity contribution in [1.29, 1.82) is 0 Å². The predicted octanol–water partition coefficient (Wildman–Crippen LogP) is 1.70. The molecule has 0 atom stereocenters. The molecule has 6 nitrogen and oxygen atoms in total. The first kappa shape index (κ1) is 14.7. The first-order valence-electron chi connectivity index (χ1n) is 6.79. The van der Waals surface area contributed by atoms with Crippen molar-refractivity contribution in [2.75, 3.05) is 0 Å². The fraction of sp³-hybridized carbons (Fsp3) is 0.0625. The molecule has 0 radical (unpaired) electrons. The van der Waals surface area contributed by atoms with Crippen LogP contribution >= 0.6 is 0 Å². The zero-order chi connectivity index (χ0) is 16.4. The SMILES string of the molecule is O=C(NCc1ccc(F)cc1)c1cc2cccnc2n(O)c1=O. The Morgan fingerprint density at radius 3 is 2.74 bits per heavy atom. The average molecular weight is 313 g/mol. The van der Waals surface area contributed by atoms with E-state index < -0.39 is 11.5 Å². The molecule has 0 unspecified atom stereocenters. The fourth-order valence-electron chi connectivity index (χ4n) is 2.17. The van der Waals surface area contributed by atoms with E-state index in [1.165, 1.54) is 36.5 Å². The predicted molar refractivity (Wildman–Crippen MR) is 80.8 cm³/mol. The molecule has 7 heteroatoms. The molecule has 116 valence electrons. The van der Waals surface area contributed by atoms with Crippen LogP contribution in [0.2, 0.25) is 0 Å². The zero-order valence-electron chi connectivity index (χ0n) is 11.9. The molecule has 0 spiro atoms. The van der Waals surface area contributed by atoms with Crippen molar-refractivity contribution < 1.29 is 14.4 Å². The molecule has 0 aliphatic carbocycles. The van der Waals surface area contributed by atoms with E-state index >= 15 is 0 Å². The van der Waals surface area contributed by atoms with Crippen LogP contribution in [0.1, 0.15) is 15.9 Å². The Balaban J connectivity index is 1.87. The van der Waals surface area contributed by atoms with Gasteiger partial charge in [-0.05, 0) is 35.9 Å². The van der Waals surface area contributed by atoms with Gasteiger partial charge in [0.2, 0.25) is 0 Å². The first-order valence-corrected chi connectivity index (χ1v) is 6.79. The van der Waals surface area contributed by atoms with Crippen LogP contribution in [0.5, 0.6) is 0 Å². The molecular weight excluding hydrogens is 301 g/mol. The van der Waals surface area contributed by atoms with Gasteiger partial charge in [-0.1, -0.05) is 12.1 Å². The van der Waals surface area contributed by atoms with Gasteiger partial charge in [-0.15, -0.1) is 4.73 Å². The van der Waals surface area contributed by atoms with E-state index in [0.29, 0.717) is 15.7 Å². The number of aromatic nitrogens is 2. The van der Waals surface area contributed by atoms with Crippen molar-refractivity contribution in [3.05, 3.63) is 76.0 Å². The molecule has 3 rings (SSSR count). The van der Waals surface area contributed by atoms with E-state index in [1.54, 1.807) is 12.1 Å². The Kier molecular flexibility index (Phi) is 3.76. The zero-order valence-corrected chi connectivity index (χ0v) is 11.9. The second-order valence-electron chi connectivity index (χ2n) is 4.90. The summed E-state index contributed by atoms with van der Waals surface area (Å²) in [5, 5.41) is 12.8. The number of carbonyl (C=O) groups excluding carboxylic acids is 1. The summed E-state index contributed by atoms with van der Waals surface area (Å²) in [5.41, 5.74) is -0.290. The minimum Gasteiger partial charge on any atom is -0.423 e. The molecule has 1 amide bonds. The highest BCUT2D eigenvalue weighted by Gasteiger charge is 2.15. The highest BCUT2D eigenvalue weighted by molar-refractivity contribution is 5.96. The second-order valence-corrected chi connectivity index (χ2v) is 4.90. The number of carbonyl (C=O) groups is 1. The van der Waals surface area contributed by atoms with Gasteiger partial charge in [-0.25, -0.2) is 9.37 Å². The Hall–Kier alpha value is -3.22. The average Bonchev–Trinajstić information content (AvgIpc) is 2.57. The Bertz CT molecular complexity index is 935. The molecule has 0 fully saturated rings. The van der Waals surface area contributed by atoms with Crippen molar-refractivity contribution >= 4 is 16.9 Å². The van der Waals surface area contributed by atoms with Crippen LogP contribution in [0.25, 0.3) is 11.0 Å². The highest BCUT2D eigenvalue weighted by atomic mass is 19.1. The quantitative estimate of drug-likeness (QED) is 0.721. The Morgan fingerprint density at radius 2 is 2.00 bits per heavy atom. The van der Waals surface area contributed by atoms with E-state index in [0.717, 1.165) is 0 Å². The summed E-state index contributed by atoms with van der Waals surface area (Å²) in [7, 11) is 0. The van der Waals surface area contributed by atoms with Gasteiger partial charge in [0.05, 0.1) is 0 Å². The van der Waals surface area contributed by atoms with Crippen molar-refractivity contribution in [3.8, 4) is 0 Å². The number of hydrogen-bond donors (Lipinski definition) is 2. The van der Waals surface area contributed by atoms with Crippen LogP contribution in [0.15, 0.2) is 53.5 Å². The van der Waals surface area contributed by atoms with E-state index in [-0.39, 0.29) is 23.6 Å². The minimum atomic E-state index is -0.854. The maximum atomic E-state index is 12.8. The summed E-state index contributed by atoms with van der Waals surface area (Å²) in [6.45, 7) is 0.134. The van der Waals surface area contributed by atoms with Gasteiger partial charge in [0, 0.05) is 18.1 Å². The van der Waals surface area contributed by atoms with Gasteiger partial charge in [-0.2, -0.15) is 0 Å². The van der Waals surface area contributed by atoms with Gasteiger partial charge in [0.25, 0.3) is 11.5 Å². The van der Waals surface area contributed by atoms with Crippen LogP contribution in [0.4, 0.5) is 4.39 Å². The van der Waals surface area contributed by atoms with Gasteiger partial charge in [-0.3, -0.25) is 9.59 Å². The molecule has 0 aliphatic rings. The summed E-state index contributed by atoms with van der Waals surface area (Å²) in [4.78, 5) is 28.1. The summed E-state index contributed by atoms with van der Waals surface area (Å²) >= 11 is 0. The van der Waals surface area contributed by atoms with Crippen molar-refractivity contribution in [2.24, 2.45) is 0 Å². The minimum absolute atomic E-state index is 0.0765. The number of rotatable bonds is 3. The van der Waals surface area contributed by atoms with Crippen molar-refractivity contribution in [1.82, 2.24) is 15.0 Å². The third-order valence-electron chi connectivity index (χ3n) is 3.35. The van der Waals surface area contributed by atoms with Crippen LogP contribution in [-0.2, 0) is 6.54 Å². The van der Waals surface area contributed by atoms with Crippen LogP contribution in [0, 0.1) is 5.82 Å². The first-order chi connectivity index (χ1) is 11.1. The monoisotopic (exact) mass is 313 g/mol. The normalized spacial score (nSPS) is 10.7. The number of pyridine rings is 2. The summed E-state index contributed by atoms with van der Waals surface area (Å²) in [6.07, 6.45) is 1.43. The molecule has 0 saturated heterocycles. The lowest BCUT2D eigenvalue weighted by Crippen LogP contribution is -2.32. The van der Waals surface area contributed by atoms with Gasteiger partial charge >= 0.3 is 0 Å². The van der Waals surface area contributed by atoms with Gasteiger partial charge in [0.1, 0.15) is 11.4 Å². The molecule has 0 saturated carbocycles. The summed E-state index contributed by atoms with van der Waals surface area (Å²) in [6, 6.07) is 10.3. The van der Waals surface area contributed by atoms with E-state index in [9.17, 15) is 19.2 Å². The third-order valence-corrected chi connectivity index (χ3v) is 3.35. The highest BCUT2D eigenvalue weighted by Crippen LogP contribution is 2.10. The number of nitrogens with one attached hydrogen (secondary N) is 1. The van der Waals surface area contributed by atoms with Crippen LogP contribution < -0.4 is 10.9 Å². The van der Waals surface area contributed by atoms with E-state index in [4.69, 9.17) is 0 Å². The lowest BCUT2D eigenvalue weighted by Gasteiger charge is -2.08. The van der Waals surface area contributed by atoms with Crippen LogP contribution in [0.3, 0.4) is 0 Å². The van der Waals surface area contributed by atoms with Crippen molar-refractivity contribution in [2.45, 2.75) is 6.54 Å². The van der Waals surface area contributed by atoms with Gasteiger partial charge in [0.15, 0.2) is 5.65 Å². The summed E-state index contributed by atoms with van der Waals surface area (Å²) in [5.74, 6) is -1.00. The molecule has 2 N–H and O–H groups in total. The molecule has 0 aliphatic heterocycles. The van der Waals surface area contributed by atoms with Crippen molar-refractivity contribution in [3.63, 3.8) is 0 Å². The maximum absolute atomic E-state index is 12.8. The molecular formula is C16H12FN3O3. The van der Waals surface area contributed by atoms with E-state index in [1.807, 2.05) is 0 Å². The molecule has 3 aromatic rings. The Labute approximate surface area is 129 Å². The lowest BCUT2D eigenvalue weighted by molar-refractivity contribution is 0.0943. The summed E-state index contributed by atoms with van der Waals surface area (Å²) < 4.78 is 13.2. The number of nitrogens with zero attached hydrogens (tertiary/aromatic N) is 2. The largest absolute Gasteiger partial charge is 0.423 e. The number of halogens is 1. The topological polar surface area (TPSA) is 84.2 Å².